The lowest BCUT2D eigenvalue weighted by atomic mass is 10.1. The SMILES string of the molecule is Cc1cc(CC(N)=O)cn(Cc2nc(CCc3ccc(Cl)cc3)no2)c1=O. The molecule has 2 N–H and O–H groups in total. The number of carbonyl (C=O) groups excluding carboxylic acids is 1. The van der Waals surface area contributed by atoms with E-state index in [1.54, 1.807) is 19.2 Å². The minimum Gasteiger partial charge on any atom is -0.369 e. The van der Waals surface area contributed by atoms with Gasteiger partial charge in [0, 0.05) is 23.2 Å². The number of hydrogen-bond acceptors (Lipinski definition) is 5. The van der Waals surface area contributed by atoms with Crippen molar-refractivity contribution in [1.29, 1.82) is 0 Å². The van der Waals surface area contributed by atoms with E-state index in [2.05, 4.69) is 10.1 Å². The molecule has 0 aliphatic carbocycles. The van der Waals surface area contributed by atoms with Crippen LogP contribution in [0.2, 0.25) is 5.02 Å². The van der Waals surface area contributed by atoms with Crippen molar-refractivity contribution in [3.05, 3.63) is 80.3 Å². The van der Waals surface area contributed by atoms with Gasteiger partial charge in [0.25, 0.3) is 5.56 Å². The second-order valence-electron chi connectivity index (χ2n) is 6.34. The number of aryl methyl sites for hydroxylation is 3. The van der Waals surface area contributed by atoms with Crippen LogP contribution in [0, 0.1) is 6.92 Å². The zero-order valence-electron chi connectivity index (χ0n) is 14.8. The van der Waals surface area contributed by atoms with Gasteiger partial charge in [-0.25, -0.2) is 0 Å². The number of pyridine rings is 1. The van der Waals surface area contributed by atoms with Crippen molar-refractivity contribution < 1.29 is 9.32 Å². The predicted octanol–water partition coefficient (Wildman–Crippen LogP) is 2.05. The van der Waals surface area contributed by atoms with Crippen LogP contribution in [0.5, 0.6) is 0 Å². The maximum atomic E-state index is 12.3. The number of benzene rings is 1. The van der Waals surface area contributed by atoms with Crippen molar-refractivity contribution in [1.82, 2.24) is 14.7 Å². The summed E-state index contributed by atoms with van der Waals surface area (Å²) in [6.07, 6.45) is 3.03. The van der Waals surface area contributed by atoms with Crippen molar-refractivity contribution in [2.24, 2.45) is 5.73 Å². The smallest absolute Gasteiger partial charge is 0.253 e. The Morgan fingerprint density at radius 1 is 1.22 bits per heavy atom. The number of rotatable bonds is 7. The largest absolute Gasteiger partial charge is 0.369 e. The molecule has 7 nitrogen and oxygen atoms in total. The van der Waals surface area contributed by atoms with Crippen LogP contribution in [-0.4, -0.2) is 20.6 Å². The van der Waals surface area contributed by atoms with Gasteiger partial charge in [-0.3, -0.25) is 9.59 Å². The van der Waals surface area contributed by atoms with E-state index in [0.29, 0.717) is 34.3 Å². The molecule has 0 saturated carbocycles. The number of hydrogen-bond donors (Lipinski definition) is 1. The summed E-state index contributed by atoms with van der Waals surface area (Å²) < 4.78 is 6.71. The second-order valence-corrected chi connectivity index (χ2v) is 6.77. The summed E-state index contributed by atoms with van der Waals surface area (Å²) in [6, 6.07) is 9.25. The molecular formula is C19H19ClN4O3. The van der Waals surface area contributed by atoms with Crippen molar-refractivity contribution in [3.8, 4) is 0 Å². The Balaban J connectivity index is 1.70. The van der Waals surface area contributed by atoms with Gasteiger partial charge >= 0.3 is 0 Å². The average molecular weight is 387 g/mol. The maximum absolute atomic E-state index is 12.3. The molecule has 0 radical (unpaired) electrons. The summed E-state index contributed by atoms with van der Waals surface area (Å²) in [5.41, 5.74) is 7.37. The van der Waals surface area contributed by atoms with E-state index in [9.17, 15) is 9.59 Å². The number of nitrogens with zero attached hydrogens (tertiary/aromatic N) is 3. The van der Waals surface area contributed by atoms with Crippen LogP contribution >= 0.6 is 11.6 Å². The van der Waals surface area contributed by atoms with Gasteiger partial charge in [0.2, 0.25) is 11.8 Å². The van der Waals surface area contributed by atoms with Gasteiger partial charge in [-0.2, -0.15) is 4.98 Å². The van der Waals surface area contributed by atoms with E-state index in [4.69, 9.17) is 21.9 Å². The molecule has 2 heterocycles. The first-order valence-electron chi connectivity index (χ1n) is 8.45. The third kappa shape index (κ3) is 5.04. The van der Waals surface area contributed by atoms with Crippen LogP contribution in [-0.2, 0) is 30.6 Å². The molecule has 0 spiro atoms. The number of aromatic nitrogens is 3. The van der Waals surface area contributed by atoms with Gasteiger partial charge in [0.15, 0.2) is 5.82 Å². The third-order valence-corrected chi connectivity index (χ3v) is 4.32. The van der Waals surface area contributed by atoms with Crippen molar-refractivity contribution in [3.63, 3.8) is 0 Å². The lowest BCUT2D eigenvalue weighted by molar-refractivity contribution is -0.117. The Bertz CT molecular complexity index is 1010. The van der Waals surface area contributed by atoms with Crippen molar-refractivity contribution in [2.45, 2.75) is 32.7 Å². The van der Waals surface area contributed by atoms with Crippen LogP contribution in [0.15, 0.2) is 45.8 Å². The quantitative estimate of drug-likeness (QED) is 0.669. The number of halogens is 1. The molecule has 1 amide bonds. The molecule has 1 aromatic carbocycles. The van der Waals surface area contributed by atoms with Crippen molar-refractivity contribution in [2.75, 3.05) is 0 Å². The molecule has 3 rings (SSSR count). The standard InChI is InChI=1S/C19H19ClN4O3/c1-12-8-14(9-16(21)25)10-24(19(12)26)11-18-22-17(23-27-18)7-4-13-2-5-15(20)6-3-13/h2-3,5-6,8,10H,4,7,9,11H2,1H3,(H2,21,25). The summed E-state index contributed by atoms with van der Waals surface area (Å²) in [5.74, 6) is 0.443. The molecule has 0 atom stereocenters. The average Bonchev–Trinajstić information content (AvgIpc) is 3.06. The summed E-state index contributed by atoms with van der Waals surface area (Å²) in [7, 11) is 0. The zero-order valence-corrected chi connectivity index (χ0v) is 15.6. The molecule has 140 valence electrons. The van der Waals surface area contributed by atoms with E-state index in [-0.39, 0.29) is 18.5 Å². The van der Waals surface area contributed by atoms with E-state index >= 15 is 0 Å². The normalized spacial score (nSPS) is 10.9. The Labute approximate surface area is 160 Å². The number of nitrogens with two attached hydrogens (primary N) is 1. The fourth-order valence-electron chi connectivity index (χ4n) is 2.79. The van der Waals surface area contributed by atoms with E-state index in [1.165, 1.54) is 4.57 Å². The highest BCUT2D eigenvalue weighted by atomic mass is 35.5. The van der Waals surface area contributed by atoms with E-state index < -0.39 is 5.91 Å². The molecule has 0 bridgehead atoms. The summed E-state index contributed by atoms with van der Waals surface area (Å²) >= 11 is 5.88. The van der Waals surface area contributed by atoms with Crippen LogP contribution in [0.4, 0.5) is 0 Å². The highest BCUT2D eigenvalue weighted by molar-refractivity contribution is 6.30. The molecule has 0 aliphatic rings. The summed E-state index contributed by atoms with van der Waals surface area (Å²) in [6.45, 7) is 1.83. The Morgan fingerprint density at radius 2 is 1.96 bits per heavy atom. The molecule has 27 heavy (non-hydrogen) atoms. The van der Waals surface area contributed by atoms with Gasteiger partial charge in [-0.05, 0) is 42.7 Å². The fraction of sp³-hybridized carbons (Fsp3) is 0.263. The molecule has 0 saturated heterocycles. The first-order chi connectivity index (χ1) is 12.9. The number of amides is 1. The monoisotopic (exact) mass is 386 g/mol. The Hall–Kier alpha value is -2.93. The third-order valence-electron chi connectivity index (χ3n) is 4.07. The first kappa shape index (κ1) is 18.8. The van der Waals surface area contributed by atoms with Crippen LogP contribution in [0.25, 0.3) is 0 Å². The number of carbonyl (C=O) groups is 1. The molecule has 0 unspecified atom stereocenters. The molecule has 8 heteroatoms. The van der Waals surface area contributed by atoms with Gasteiger partial charge in [0.1, 0.15) is 6.54 Å². The molecule has 0 fully saturated rings. The molecule has 3 aromatic rings. The van der Waals surface area contributed by atoms with E-state index in [1.807, 2.05) is 24.3 Å². The van der Waals surface area contributed by atoms with Gasteiger partial charge in [-0.15, -0.1) is 0 Å². The lowest BCUT2D eigenvalue weighted by Gasteiger charge is -2.07. The zero-order chi connectivity index (χ0) is 19.4. The van der Waals surface area contributed by atoms with Gasteiger partial charge in [-0.1, -0.05) is 28.9 Å². The lowest BCUT2D eigenvalue weighted by Crippen LogP contribution is -2.24. The van der Waals surface area contributed by atoms with Gasteiger partial charge < -0.3 is 14.8 Å². The first-order valence-corrected chi connectivity index (χ1v) is 8.82. The van der Waals surface area contributed by atoms with Crippen LogP contribution in [0.3, 0.4) is 0 Å². The fourth-order valence-corrected chi connectivity index (χ4v) is 2.91. The van der Waals surface area contributed by atoms with Crippen LogP contribution < -0.4 is 11.3 Å². The predicted molar refractivity (Wildman–Crippen MR) is 101 cm³/mol. The second kappa shape index (κ2) is 8.18. The van der Waals surface area contributed by atoms with Crippen molar-refractivity contribution >= 4 is 17.5 Å². The highest BCUT2D eigenvalue weighted by Crippen LogP contribution is 2.12. The summed E-state index contributed by atoms with van der Waals surface area (Å²) in [5, 5.41) is 4.66. The maximum Gasteiger partial charge on any atom is 0.253 e. The Morgan fingerprint density at radius 3 is 2.67 bits per heavy atom. The topological polar surface area (TPSA) is 104 Å². The molecule has 0 aliphatic heterocycles. The van der Waals surface area contributed by atoms with Crippen LogP contribution in [0.1, 0.15) is 28.4 Å². The van der Waals surface area contributed by atoms with Gasteiger partial charge in [0.05, 0.1) is 6.42 Å². The summed E-state index contributed by atoms with van der Waals surface area (Å²) in [4.78, 5) is 27.8. The number of primary amides is 1. The molecule has 2 aromatic heterocycles. The highest BCUT2D eigenvalue weighted by Gasteiger charge is 2.11. The molecular weight excluding hydrogens is 368 g/mol. The minimum atomic E-state index is -0.457. The Kier molecular flexibility index (Phi) is 5.71. The van der Waals surface area contributed by atoms with E-state index in [0.717, 1.165) is 12.0 Å². The minimum absolute atomic E-state index is 0.0668.